The van der Waals surface area contributed by atoms with Crippen LogP contribution in [0.5, 0.6) is 0 Å². The van der Waals surface area contributed by atoms with Crippen LogP contribution in [-0.2, 0) is 14.1 Å². The lowest BCUT2D eigenvalue weighted by atomic mass is 10.0. The van der Waals surface area contributed by atoms with E-state index in [0.717, 1.165) is 39.1 Å². The van der Waals surface area contributed by atoms with Crippen LogP contribution in [0.4, 0.5) is 5.95 Å². The van der Waals surface area contributed by atoms with Crippen LogP contribution in [0, 0.1) is 6.92 Å². The molecule has 0 saturated heterocycles. The number of fused-ring (bicyclic) bond motifs is 1. The monoisotopic (exact) mass is 333 g/mol. The molecule has 0 aliphatic heterocycles. The first kappa shape index (κ1) is 15.3. The molecule has 6 nitrogen and oxygen atoms in total. The van der Waals surface area contributed by atoms with E-state index in [9.17, 15) is 4.79 Å². The number of nitrogens with two attached hydrogens (primary N) is 1. The summed E-state index contributed by atoms with van der Waals surface area (Å²) in [5.41, 5.74) is 12.4. The summed E-state index contributed by atoms with van der Waals surface area (Å²) in [6.07, 6.45) is 0. The van der Waals surface area contributed by atoms with Crippen molar-refractivity contribution < 1.29 is 0 Å². The van der Waals surface area contributed by atoms with E-state index in [0.29, 0.717) is 5.95 Å². The molecule has 0 aliphatic carbocycles. The molecule has 0 atom stereocenters. The Hall–Kier alpha value is -3.28. The van der Waals surface area contributed by atoms with Crippen molar-refractivity contribution in [1.29, 1.82) is 0 Å². The minimum Gasteiger partial charge on any atom is -0.369 e. The quantitative estimate of drug-likeness (QED) is 0.592. The average molecular weight is 333 g/mol. The molecular formula is C19H19N5O. The first-order valence-electron chi connectivity index (χ1n) is 8.04. The fourth-order valence-electron chi connectivity index (χ4n) is 3.26. The predicted octanol–water partition coefficient (Wildman–Crippen LogP) is 2.82. The fraction of sp³-hybridized carbons (Fsp3) is 0.158. The minimum absolute atomic E-state index is 0.0461. The number of rotatable bonds is 2. The van der Waals surface area contributed by atoms with Gasteiger partial charge in [-0.25, -0.2) is 9.78 Å². The van der Waals surface area contributed by atoms with Crippen molar-refractivity contribution in [1.82, 2.24) is 19.1 Å². The van der Waals surface area contributed by atoms with E-state index in [1.54, 1.807) is 23.2 Å². The van der Waals surface area contributed by atoms with Gasteiger partial charge in [-0.15, -0.1) is 0 Å². The van der Waals surface area contributed by atoms with Gasteiger partial charge < -0.3 is 10.7 Å². The third-order valence-electron chi connectivity index (χ3n) is 4.57. The molecule has 2 heterocycles. The standard InChI is InChI=1S/C19H19N5O/c1-11-5-4-6-12(9-11)16-17(22-18(20)21-16)13-7-8-14-15(10-13)24(3)19(25)23(14)2/h4-10H,1-3H3,(H3,20,21,22). The number of aryl methyl sites for hydroxylation is 3. The highest BCUT2D eigenvalue weighted by molar-refractivity contribution is 5.86. The van der Waals surface area contributed by atoms with E-state index < -0.39 is 0 Å². The molecule has 3 N–H and O–H groups in total. The third kappa shape index (κ3) is 2.34. The van der Waals surface area contributed by atoms with Crippen molar-refractivity contribution >= 4 is 17.0 Å². The van der Waals surface area contributed by atoms with Crippen LogP contribution in [0.1, 0.15) is 5.56 Å². The maximum atomic E-state index is 12.2. The van der Waals surface area contributed by atoms with Gasteiger partial charge in [0, 0.05) is 25.2 Å². The van der Waals surface area contributed by atoms with Crippen molar-refractivity contribution in [2.24, 2.45) is 14.1 Å². The Morgan fingerprint density at radius 3 is 2.52 bits per heavy atom. The Kier molecular flexibility index (Phi) is 3.28. The lowest BCUT2D eigenvalue weighted by Crippen LogP contribution is -2.19. The molecule has 0 saturated carbocycles. The van der Waals surface area contributed by atoms with E-state index in [-0.39, 0.29) is 5.69 Å². The molecule has 0 fully saturated rings. The van der Waals surface area contributed by atoms with Gasteiger partial charge >= 0.3 is 5.69 Å². The highest BCUT2D eigenvalue weighted by Gasteiger charge is 2.15. The first-order valence-corrected chi connectivity index (χ1v) is 8.04. The maximum absolute atomic E-state index is 12.2. The Balaban J connectivity index is 1.95. The number of nitrogens with one attached hydrogen (secondary N) is 1. The second kappa shape index (κ2) is 5.37. The molecule has 126 valence electrons. The number of nitrogens with zero attached hydrogens (tertiary/aromatic N) is 3. The van der Waals surface area contributed by atoms with Gasteiger partial charge in [-0.05, 0) is 25.1 Å². The highest BCUT2D eigenvalue weighted by Crippen LogP contribution is 2.32. The van der Waals surface area contributed by atoms with Crippen molar-refractivity contribution in [3.8, 4) is 22.5 Å². The number of H-pyrrole nitrogens is 1. The molecule has 0 radical (unpaired) electrons. The van der Waals surface area contributed by atoms with Gasteiger partial charge in [0.25, 0.3) is 0 Å². The van der Waals surface area contributed by atoms with E-state index in [1.807, 2.05) is 43.3 Å². The van der Waals surface area contributed by atoms with Gasteiger partial charge in [0.1, 0.15) is 0 Å². The third-order valence-corrected chi connectivity index (χ3v) is 4.57. The molecule has 0 amide bonds. The summed E-state index contributed by atoms with van der Waals surface area (Å²) in [6, 6.07) is 14.1. The van der Waals surface area contributed by atoms with Crippen molar-refractivity contribution in [3.05, 3.63) is 58.5 Å². The van der Waals surface area contributed by atoms with Crippen LogP contribution in [0.25, 0.3) is 33.5 Å². The lowest BCUT2D eigenvalue weighted by Gasteiger charge is -2.05. The molecule has 0 spiro atoms. The summed E-state index contributed by atoms with van der Waals surface area (Å²) in [7, 11) is 3.55. The molecule has 2 aromatic carbocycles. The fourth-order valence-corrected chi connectivity index (χ4v) is 3.26. The molecular weight excluding hydrogens is 314 g/mol. The topological polar surface area (TPSA) is 81.6 Å². The molecule has 25 heavy (non-hydrogen) atoms. The SMILES string of the molecule is Cc1cccc(-c2nc(N)[nH]c2-c2ccc3c(c2)n(C)c(=O)n3C)c1. The minimum atomic E-state index is -0.0461. The normalized spacial score (nSPS) is 11.3. The zero-order valence-electron chi connectivity index (χ0n) is 14.4. The maximum Gasteiger partial charge on any atom is 0.328 e. The number of aromatic nitrogens is 4. The largest absolute Gasteiger partial charge is 0.369 e. The Labute approximate surface area is 144 Å². The zero-order chi connectivity index (χ0) is 17.7. The number of anilines is 1. The number of benzene rings is 2. The molecule has 0 aliphatic rings. The first-order chi connectivity index (χ1) is 12.0. The van der Waals surface area contributed by atoms with Crippen molar-refractivity contribution in [2.75, 3.05) is 5.73 Å². The second-order valence-electron chi connectivity index (χ2n) is 6.32. The summed E-state index contributed by atoms with van der Waals surface area (Å²) in [5.74, 6) is 0.369. The van der Waals surface area contributed by atoms with Gasteiger partial charge in [-0.3, -0.25) is 9.13 Å². The zero-order valence-corrected chi connectivity index (χ0v) is 14.4. The molecule has 6 heteroatoms. The van der Waals surface area contributed by atoms with Gasteiger partial charge in [0.05, 0.1) is 22.4 Å². The van der Waals surface area contributed by atoms with Crippen LogP contribution < -0.4 is 11.4 Å². The summed E-state index contributed by atoms with van der Waals surface area (Å²) < 4.78 is 3.28. The van der Waals surface area contributed by atoms with Gasteiger partial charge in [0.15, 0.2) is 5.95 Å². The molecule has 4 rings (SSSR count). The van der Waals surface area contributed by atoms with Gasteiger partial charge in [0.2, 0.25) is 0 Å². The summed E-state index contributed by atoms with van der Waals surface area (Å²) in [4.78, 5) is 19.8. The summed E-state index contributed by atoms with van der Waals surface area (Å²) >= 11 is 0. The second-order valence-corrected chi connectivity index (χ2v) is 6.32. The van der Waals surface area contributed by atoms with Crippen LogP contribution in [0.15, 0.2) is 47.3 Å². The van der Waals surface area contributed by atoms with Crippen molar-refractivity contribution in [2.45, 2.75) is 6.92 Å². The molecule has 4 aromatic rings. The molecule has 0 bridgehead atoms. The van der Waals surface area contributed by atoms with E-state index in [2.05, 4.69) is 16.0 Å². The van der Waals surface area contributed by atoms with Gasteiger partial charge in [-0.2, -0.15) is 0 Å². The van der Waals surface area contributed by atoms with Crippen LogP contribution in [0.3, 0.4) is 0 Å². The number of hydrogen-bond acceptors (Lipinski definition) is 3. The average Bonchev–Trinajstić information content (AvgIpc) is 3.09. The smallest absolute Gasteiger partial charge is 0.328 e. The number of imidazole rings is 2. The summed E-state index contributed by atoms with van der Waals surface area (Å²) in [5, 5.41) is 0. The number of hydrogen-bond donors (Lipinski definition) is 2. The lowest BCUT2D eigenvalue weighted by molar-refractivity contribution is 0.795. The molecule has 0 unspecified atom stereocenters. The predicted molar refractivity (Wildman–Crippen MR) is 100 cm³/mol. The highest BCUT2D eigenvalue weighted by atomic mass is 16.1. The summed E-state index contributed by atoms with van der Waals surface area (Å²) in [6.45, 7) is 2.05. The van der Waals surface area contributed by atoms with Crippen LogP contribution in [-0.4, -0.2) is 19.1 Å². The number of nitrogen functional groups attached to an aromatic ring is 1. The van der Waals surface area contributed by atoms with E-state index in [1.165, 1.54) is 0 Å². The Morgan fingerprint density at radius 1 is 1.00 bits per heavy atom. The number of aromatic amines is 1. The Bertz CT molecular complexity index is 1160. The van der Waals surface area contributed by atoms with Crippen LogP contribution in [0.2, 0.25) is 0 Å². The van der Waals surface area contributed by atoms with E-state index in [4.69, 9.17) is 5.73 Å². The molecule has 2 aromatic heterocycles. The Morgan fingerprint density at radius 2 is 1.76 bits per heavy atom. The van der Waals surface area contributed by atoms with Crippen LogP contribution >= 0.6 is 0 Å². The van der Waals surface area contributed by atoms with E-state index >= 15 is 0 Å². The van der Waals surface area contributed by atoms with Crippen molar-refractivity contribution in [3.63, 3.8) is 0 Å². The van der Waals surface area contributed by atoms with Gasteiger partial charge in [-0.1, -0.05) is 29.8 Å².